The van der Waals surface area contributed by atoms with Crippen LogP contribution in [0.1, 0.15) is 316 Å². The minimum absolute atomic E-state index is 0.00263. The maximum Gasteiger partial charge on any atom is 0.268 e. The molecule has 0 aliphatic rings. The fraction of sp³-hybridized carbons (Fsp3) is 0.950. The number of likely N-dealkylation sites (N-methyl/N-ethyl adjacent to an activating group) is 1. The van der Waals surface area contributed by atoms with Gasteiger partial charge in [-0.25, -0.2) is 0 Å². The third kappa shape index (κ3) is 54.8. The number of hydrogen-bond donors (Lipinski definition) is 2. The number of amides is 1. The molecule has 0 saturated carbocycles. The number of nitrogens with one attached hydrogen (secondary N) is 1. The highest BCUT2D eigenvalue weighted by atomic mass is 31.2. The molecule has 0 rings (SSSR count). The summed E-state index contributed by atoms with van der Waals surface area (Å²) in [6.07, 6.45) is 64.5. The van der Waals surface area contributed by atoms with Gasteiger partial charge in [0.1, 0.15) is 13.2 Å². The molecule has 3 unspecified atom stereocenters. The minimum atomic E-state index is -4.59. The minimum Gasteiger partial charge on any atom is -0.756 e. The molecule has 0 aromatic rings. The van der Waals surface area contributed by atoms with Crippen LogP contribution in [0.5, 0.6) is 0 Å². The van der Waals surface area contributed by atoms with Crippen LogP contribution in [-0.2, 0) is 18.4 Å². The van der Waals surface area contributed by atoms with Gasteiger partial charge in [-0.05, 0) is 19.3 Å². The van der Waals surface area contributed by atoms with Crippen LogP contribution in [0.25, 0.3) is 0 Å². The first-order valence-electron chi connectivity index (χ1n) is 30.6. The van der Waals surface area contributed by atoms with Crippen molar-refractivity contribution in [2.45, 2.75) is 328 Å². The summed E-state index contributed by atoms with van der Waals surface area (Å²) in [6, 6.07) is -0.882. The van der Waals surface area contributed by atoms with E-state index in [1.165, 1.54) is 257 Å². The van der Waals surface area contributed by atoms with Crippen molar-refractivity contribution in [2.75, 3.05) is 40.9 Å². The lowest BCUT2D eigenvalue weighted by Crippen LogP contribution is -2.45. The summed E-state index contributed by atoms with van der Waals surface area (Å²) in [5, 5.41) is 13.9. The molecule has 0 aliphatic carbocycles. The topological polar surface area (TPSA) is 108 Å². The summed E-state index contributed by atoms with van der Waals surface area (Å²) >= 11 is 0. The molecular weight excluding hydrogens is 876 g/mol. The summed E-state index contributed by atoms with van der Waals surface area (Å²) in [5.74, 6) is -0.190. The van der Waals surface area contributed by atoms with Crippen molar-refractivity contribution in [3.8, 4) is 0 Å². The number of hydrogen-bond acceptors (Lipinski definition) is 6. The molecule has 0 aromatic heterocycles. The van der Waals surface area contributed by atoms with E-state index in [1.54, 1.807) is 6.08 Å². The van der Waals surface area contributed by atoms with Crippen LogP contribution in [0.2, 0.25) is 0 Å². The van der Waals surface area contributed by atoms with Gasteiger partial charge in [-0.15, -0.1) is 0 Å². The molecule has 9 heteroatoms. The number of phosphoric ester groups is 1. The first kappa shape index (κ1) is 68.2. The van der Waals surface area contributed by atoms with Crippen molar-refractivity contribution in [3.63, 3.8) is 0 Å². The van der Waals surface area contributed by atoms with E-state index in [0.717, 1.165) is 38.5 Å². The second-order valence-electron chi connectivity index (χ2n) is 22.4. The lowest BCUT2D eigenvalue weighted by Gasteiger charge is -2.29. The molecule has 1 amide bonds. The average Bonchev–Trinajstić information content (AvgIpc) is 3.31. The van der Waals surface area contributed by atoms with Crippen molar-refractivity contribution in [1.29, 1.82) is 0 Å². The number of quaternary nitrogens is 1. The van der Waals surface area contributed by atoms with E-state index in [1.807, 2.05) is 27.2 Å². The number of carbonyl (C=O) groups is 1. The Labute approximate surface area is 431 Å². The van der Waals surface area contributed by atoms with Gasteiger partial charge in [-0.3, -0.25) is 9.36 Å². The number of aliphatic hydroxyl groups excluding tert-OH is 1. The third-order valence-corrected chi connectivity index (χ3v) is 15.2. The van der Waals surface area contributed by atoms with Crippen LogP contribution in [0.15, 0.2) is 12.2 Å². The van der Waals surface area contributed by atoms with Gasteiger partial charge in [0.2, 0.25) is 5.91 Å². The largest absolute Gasteiger partial charge is 0.756 e. The van der Waals surface area contributed by atoms with Gasteiger partial charge >= 0.3 is 0 Å². The quantitative estimate of drug-likeness (QED) is 0.0272. The Morgan fingerprint density at radius 2 is 0.783 bits per heavy atom. The maximum absolute atomic E-state index is 13.0. The lowest BCUT2D eigenvalue weighted by atomic mass is 10.0. The van der Waals surface area contributed by atoms with E-state index in [2.05, 4.69) is 19.2 Å². The normalized spacial score (nSPS) is 13.9. The van der Waals surface area contributed by atoms with Crippen molar-refractivity contribution in [1.82, 2.24) is 5.32 Å². The second-order valence-corrected chi connectivity index (χ2v) is 23.8. The molecular formula is C60H121N2O6P. The number of unbranched alkanes of at least 4 members (excludes halogenated alkanes) is 44. The van der Waals surface area contributed by atoms with E-state index < -0.39 is 20.0 Å². The fourth-order valence-electron chi connectivity index (χ4n) is 9.45. The molecule has 0 saturated heterocycles. The van der Waals surface area contributed by atoms with Gasteiger partial charge in [0.15, 0.2) is 0 Å². The Kier molecular flexibility index (Phi) is 51.5. The average molecular weight is 998 g/mol. The van der Waals surface area contributed by atoms with E-state index in [9.17, 15) is 19.4 Å². The van der Waals surface area contributed by atoms with Crippen LogP contribution in [0.4, 0.5) is 0 Å². The van der Waals surface area contributed by atoms with Crippen LogP contribution >= 0.6 is 7.82 Å². The van der Waals surface area contributed by atoms with Gasteiger partial charge < -0.3 is 28.8 Å². The Balaban J connectivity index is 4.02. The predicted octanol–water partition coefficient (Wildman–Crippen LogP) is 18.0. The molecule has 3 atom stereocenters. The van der Waals surface area contributed by atoms with Crippen molar-refractivity contribution in [3.05, 3.63) is 12.2 Å². The summed E-state index contributed by atoms with van der Waals surface area (Å²) in [5.41, 5.74) is 0. The Morgan fingerprint density at radius 3 is 1.09 bits per heavy atom. The van der Waals surface area contributed by atoms with Gasteiger partial charge in [0.25, 0.3) is 7.82 Å². The van der Waals surface area contributed by atoms with Crippen molar-refractivity contribution < 1.29 is 32.9 Å². The third-order valence-electron chi connectivity index (χ3n) is 14.2. The number of allylic oxidation sites excluding steroid dienone is 1. The van der Waals surface area contributed by atoms with Gasteiger partial charge in [0.05, 0.1) is 39.9 Å². The number of nitrogens with zero attached hydrogens (tertiary/aromatic N) is 1. The molecule has 0 aromatic carbocycles. The predicted molar refractivity (Wildman–Crippen MR) is 298 cm³/mol. The zero-order valence-electron chi connectivity index (χ0n) is 47.0. The van der Waals surface area contributed by atoms with E-state index in [0.29, 0.717) is 17.4 Å². The smallest absolute Gasteiger partial charge is 0.268 e. The summed E-state index contributed by atoms with van der Waals surface area (Å²) in [4.78, 5) is 25.5. The zero-order valence-corrected chi connectivity index (χ0v) is 47.9. The van der Waals surface area contributed by atoms with Gasteiger partial charge in [-0.2, -0.15) is 0 Å². The first-order valence-corrected chi connectivity index (χ1v) is 32.0. The maximum atomic E-state index is 13.0. The van der Waals surface area contributed by atoms with Crippen molar-refractivity contribution in [2.24, 2.45) is 0 Å². The van der Waals surface area contributed by atoms with Crippen LogP contribution in [-0.4, -0.2) is 68.5 Å². The Hall–Kier alpha value is -0.760. The molecule has 0 bridgehead atoms. The van der Waals surface area contributed by atoms with Crippen LogP contribution < -0.4 is 10.2 Å². The Morgan fingerprint density at radius 1 is 0.493 bits per heavy atom. The van der Waals surface area contributed by atoms with Crippen LogP contribution in [0, 0.1) is 0 Å². The highest BCUT2D eigenvalue weighted by molar-refractivity contribution is 7.45. The standard InChI is InChI=1S/C60H121N2O6P/c1-6-8-10-12-14-16-18-20-22-24-25-26-27-28-29-30-31-32-33-34-35-36-37-38-40-42-44-46-48-50-52-54-60(64)61-58(57-68-69(65,66)67-56-55-62(3,4)5)59(63)53-51-49-47-45-43-41-39-23-21-19-17-15-13-11-9-7-2/h51,53,58-59,63H,6-50,52,54-57H2,1-5H3,(H-,61,64,65,66)/b53-51+. The molecule has 8 nitrogen and oxygen atoms in total. The molecule has 0 heterocycles. The highest BCUT2D eigenvalue weighted by Gasteiger charge is 2.23. The lowest BCUT2D eigenvalue weighted by molar-refractivity contribution is -0.870. The first-order chi connectivity index (χ1) is 33.5. The number of rotatable bonds is 57. The molecule has 0 radical (unpaired) electrons. The molecule has 0 aliphatic heterocycles. The summed E-state index contributed by atoms with van der Waals surface area (Å²) in [7, 11) is 1.28. The SMILES string of the molecule is CCCCCCCCCCCCCCCC/C=C/C(O)C(COP(=O)([O-])OCC[N+](C)(C)C)NC(=O)CCCCCCCCCCCCCCCCCCCCCCCCCCCCCCCCC. The highest BCUT2D eigenvalue weighted by Crippen LogP contribution is 2.38. The molecule has 412 valence electrons. The second kappa shape index (κ2) is 52.1. The number of carbonyl (C=O) groups excluding carboxylic acids is 1. The molecule has 69 heavy (non-hydrogen) atoms. The fourth-order valence-corrected chi connectivity index (χ4v) is 10.2. The van der Waals surface area contributed by atoms with Crippen molar-refractivity contribution >= 4 is 13.7 Å². The summed E-state index contributed by atoms with van der Waals surface area (Å²) < 4.78 is 23.4. The summed E-state index contributed by atoms with van der Waals surface area (Å²) in [6.45, 7) is 4.70. The monoisotopic (exact) mass is 997 g/mol. The number of phosphoric acid groups is 1. The van der Waals surface area contributed by atoms with Crippen LogP contribution in [0.3, 0.4) is 0 Å². The molecule has 0 fully saturated rings. The zero-order chi connectivity index (χ0) is 50.6. The molecule has 2 N–H and O–H groups in total. The number of aliphatic hydroxyl groups is 1. The van der Waals surface area contributed by atoms with Gasteiger partial charge in [0, 0.05) is 6.42 Å². The van der Waals surface area contributed by atoms with Gasteiger partial charge in [-0.1, -0.05) is 302 Å². The molecule has 0 spiro atoms. The van der Waals surface area contributed by atoms with E-state index in [4.69, 9.17) is 9.05 Å². The van der Waals surface area contributed by atoms with E-state index in [-0.39, 0.29) is 19.1 Å². The Bertz CT molecular complexity index is 1130. The van der Waals surface area contributed by atoms with E-state index >= 15 is 0 Å².